The molecule has 212 valence electrons. The van der Waals surface area contributed by atoms with Gasteiger partial charge in [0.25, 0.3) is 11.5 Å². The number of carbonyl (C=O) groups excluding carboxylic acids is 1. The summed E-state index contributed by atoms with van der Waals surface area (Å²) in [6.45, 7) is 8.36. The molecule has 4 heterocycles. The van der Waals surface area contributed by atoms with E-state index in [0.717, 1.165) is 37.3 Å². The summed E-state index contributed by atoms with van der Waals surface area (Å²) < 4.78 is 3.28. The lowest BCUT2D eigenvalue weighted by molar-refractivity contribution is 0.0939. The number of rotatable bonds is 5. The van der Waals surface area contributed by atoms with Gasteiger partial charge in [-0.15, -0.1) is 0 Å². The summed E-state index contributed by atoms with van der Waals surface area (Å²) in [5.74, 6) is 6.28. The number of benzene rings is 2. The van der Waals surface area contributed by atoms with Crippen LogP contribution in [0.5, 0.6) is 0 Å². The van der Waals surface area contributed by atoms with Crippen molar-refractivity contribution in [2.75, 3.05) is 39.8 Å². The van der Waals surface area contributed by atoms with E-state index in [2.05, 4.69) is 44.1 Å². The number of aryl methyl sites for hydroxylation is 1. The maximum absolute atomic E-state index is 14.3. The number of hydrogen-bond donors (Lipinski definition) is 1. The van der Waals surface area contributed by atoms with Crippen molar-refractivity contribution in [1.82, 2.24) is 34.3 Å². The molecule has 0 saturated carbocycles. The zero-order valence-electron chi connectivity index (χ0n) is 24.0. The Labute approximate surface area is 244 Å². The Bertz CT molecular complexity index is 1890. The van der Waals surface area contributed by atoms with E-state index in [0.29, 0.717) is 40.1 Å². The Hall–Kier alpha value is -4.78. The smallest absolute Gasteiger partial charge is 0.264 e. The number of piperazine rings is 1. The fraction of sp³-hybridized carbons (Fsp3) is 0.273. The molecule has 1 aliphatic rings. The molecule has 1 N–H and O–H groups in total. The SMILES string of the molecule is Cc1nn2cccnc2c1C(=O)N[C@H](C)c1cc2cccc(C#CCN3CCN(C)CC3)c2c(=O)n1-c1ccccc1. The first-order chi connectivity index (χ1) is 20.4. The number of fused-ring (bicyclic) bond motifs is 2. The zero-order chi connectivity index (χ0) is 29.2. The second-order valence-corrected chi connectivity index (χ2v) is 10.7. The number of nitrogens with zero attached hydrogens (tertiary/aromatic N) is 6. The van der Waals surface area contributed by atoms with Gasteiger partial charge < -0.3 is 10.2 Å². The fourth-order valence-electron chi connectivity index (χ4n) is 5.51. The van der Waals surface area contributed by atoms with Crippen molar-refractivity contribution in [2.45, 2.75) is 19.9 Å². The maximum Gasteiger partial charge on any atom is 0.264 e. The Morgan fingerprint density at radius 1 is 1.05 bits per heavy atom. The topological polar surface area (TPSA) is 87.8 Å². The van der Waals surface area contributed by atoms with Crippen LogP contribution < -0.4 is 10.9 Å². The minimum atomic E-state index is -0.500. The molecule has 0 aliphatic carbocycles. The second kappa shape index (κ2) is 11.6. The van der Waals surface area contributed by atoms with Gasteiger partial charge in [0, 0.05) is 55.5 Å². The molecule has 1 atom stereocenters. The molecular formula is C33H33N7O2. The summed E-state index contributed by atoms with van der Waals surface area (Å²) >= 11 is 0. The van der Waals surface area contributed by atoms with Crippen LogP contribution in [0.15, 0.2) is 77.9 Å². The van der Waals surface area contributed by atoms with Crippen molar-refractivity contribution in [3.8, 4) is 17.5 Å². The molecule has 3 aromatic heterocycles. The molecule has 9 heteroatoms. The molecule has 2 aromatic carbocycles. The minimum Gasteiger partial charge on any atom is -0.344 e. The van der Waals surface area contributed by atoms with Gasteiger partial charge in [-0.1, -0.05) is 42.2 Å². The standard InChI is InChI=1S/C33H33N7O2/c1-23(35-32(41)29-24(2)36-39-17-9-15-34-31(29)39)28-22-26-11-7-10-25(12-8-16-38-20-18-37(3)19-21-38)30(26)33(42)40(28)27-13-5-4-6-14-27/h4-7,9-11,13-15,17,22-23H,16,18-21H2,1-3H3,(H,35,41)/t23-/m1/s1. The first-order valence-electron chi connectivity index (χ1n) is 14.2. The average Bonchev–Trinajstić information content (AvgIpc) is 3.34. The van der Waals surface area contributed by atoms with E-state index in [1.54, 1.807) is 34.5 Å². The minimum absolute atomic E-state index is 0.173. The van der Waals surface area contributed by atoms with Gasteiger partial charge in [-0.05, 0) is 56.6 Å². The Morgan fingerprint density at radius 2 is 1.83 bits per heavy atom. The van der Waals surface area contributed by atoms with Gasteiger partial charge in [0.15, 0.2) is 5.65 Å². The largest absolute Gasteiger partial charge is 0.344 e. The van der Waals surface area contributed by atoms with Gasteiger partial charge in [0.2, 0.25) is 0 Å². The predicted molar refractivity (Wildman–Crippen MR) is 164 cm³/mol. The first-order valence-corrected chi connectivity index (χ1v) is 14.2. The van der Waals surface area contributed by atoms with Gasteiger partial charge in [-0.3, -0.25) is 19.1 Å². The van der Waals surface area contributed by atoms with Gasteiger partial charge >= 0.3 is 0 Å². The fourth-order valence-corrected chi connectivity index (χ4v) is 5.51. The average molecular weight is 560 g/mol. The summed E-state index contributed by atoms with van der Waals surface area (Å²) in [5, 5.41) is 8.86. The van der Waals surface area contributed by atoms with Gasteiger partial charge in [-0.2, -0.15) is 5.10 Å². The van der Waals surface area contributed by atoms with Crippen LogP contribution in [0.25, 0.3) is 22.1 Å². The van der Waals surface area contributed by atoms with E-state index in [1.165, 1.54) is 0 Å². The van der Waals surface area contributed by atoms with Crippen LogP contribution in [0.3, 0.4) is 0 Å². The second-order valence-electron chi connectivity index (χ2n) is 10.7. The molecule has 9 nitrogen and oxygen atoms in total. The molecule has 1 amide bonds. The molecule has 1 fully saturated rings. The quantitative estimate of drug-likeness (QED) is 0.332. The number of nitrogens with one attached hydrogen (secondary N) is 1. The highest BCUT2D eigenvalue weighted by Gasteiger charge is 2.23. The molecule has 42 heavy (non-hydrogen) atoms. The first kappa shape index (κ1) is 27.4. The summed E-state index contributed by atoms with van der Waals surface area (Å²) in [4.78, 5) is 36.8. The Kier molecular flexibility index (Phi) is 7.57. The molecule has 0 spiro atoms. The summed E-state index contributed by atoms with van der Waals surface area (Å²) in [6.07, 6.45) is 3.40. The third-order valence-electron chi connectivity index (χ3n) is 7.80. The van der Waals surface area contributed by atoms with E-state index >= 15 is 0 Å². The van der Waals surface area contributed by atoms with Crippen LogP contribution in [0.4, 0.5) is 0 Å². The van der Waals surface area contributed by atoms with Crippen LogP contribution in [-0.4, -0.2) is 74.6 Å². The highest BCUT2D eigenvalue weighted by molar-refractivity contribution is 6.01. The lowest BCUT2D eigenvalue weighted by Gasteiger charge is -2.30. The van der Waals surface area contributed by atoms with E-state index in [4.69, 9.17) is 0 Å². The van der Waals surface area contributed by atoms with Gasteiger partial charge in [-0.25, -0.2) is 9.50 Å². The molecule has 5 aromatic rings. The molecule has 1 aliphatic heterocycles. The van der Waals surface area contributed by atoms with Crippen molar-refractivity contribution < 1.29 is 4.79 Å². The normalized spacial score (nSPS) is 14.9. The molecule has 1 saturated heterocycles. The lowest BCUT2D eigenvalue weighted by atomic mass is 10.0. The number of para-hydroxylation sites is 1. The van der Waals surface area contributed by atoms with Gasteiger partial charge in [0.05, 0.1) is 23.7 Å². The van der Waals surface area contributed by atoms with E-state index in [9.17, 15) is 9.59 Å². The summed E-state index contributed by atoms with van der Waals surface area (Å²) in [6, 6.07) is 18.5. The van der Waals surface area contributed by atoms with Crippen LogP contribution in [0, 0.1) is 18.8 Å². The van der Waals surface area contributed by atoms with Crippen LogP contribution in [0.2, 0.25) is 0 Å². The van der Waals surface area contributed by atoms with Crippen molar-refractivity contribution >= 4 is 22.3 Å². The zero-order valence-corrected chi connectivity index (χ0v) is 24.0. The number of pyridine rings is 1. The van der Waals surface area contributed by atoms with Crippen LogP contribution >= 0.6 is 0 Å². The predicted octanol–water partition coefficient (Wildman–Crippen LogP) is 3.43. The Morgan fingerprint density at radius 3 is 2.62 bits per heavy atom. The van der Waals surface area contributed by atoms with Crippen molar-refractivity contribution in [3.05, 3.63) is 106 Å². The number of amides is 1. The van der Waals surface area contributed by atoms with E-state index in [1.807, 2.05) is 61.5 Å². The summed E-state index contributed by atoms with van der Waals surface area (Å²) in [7, 11) is 2.13. The molecule has 0 unspecified atom stereocenters. The number of aromatic nitrogens is 4. The van der Waals surface area contributed by atoms with Crippen molar-refractivity contribution in [3.63, 3.8) is 0 Å². The maximum atomic E-state index is 14.3. The van der Waals surface area contributed by atoms with E-state index in [-0.39, 0.29) is 11.5 Å². The number of carbonyl (C=O) groups is 1. The van der Waals surface area contributed by atoms with Crippen LogP contribution in [0.1, 0.15) is 40.3 Å². The van der Waals surface area contributed by atoms with Gasteiger partial charge in [0.1, 0.15) is 5.56 Å². The van der Waals surface area contributed by atoms with E-state index < -0.39 is 6.04 Å². The molecule has 0 bridgehead atoms. The molecular weight excluding hydrogens is 526 g/mol. The van der Waals surface area contributed by atoms with Crippen molar-refractivity contribution in [2.24, 2.45) is 0 Å². The lowest BCUT2D eigenvalue weighted by Crippen LogP contribution is -2.44. The monoisotopic (exact) mass is 559 g/mol. The molecule has 0 radical (unpaired) electrons. The number of likely N-dealkylation sites (N-methyl/N-ethyl adjacent to an activating group) is 1. The third-order valence-corrected chi connectivity index (χ3v) is 7.80. The number of hydrogen-bond acceptors (Lipinski definition) is 6. The highest BCUT2D eigenvalue weighted by atomic mass is 16.2. The van der Waals surface area contributed by atoms with Crippen molar-refractivity contribution in [1.29, 1.82) is 0 Å². The van der Waals surface area contributed by atoms with Crippen LogP contribution in [-0.2, 0) is 0 Å². The Balaban J connectivity index is 1.39. The highest BCUT2D eigenvalue weighted by Crippen LogP contribution is 2.24. The summed E-state index contributed by atoms with van der Waals surface area (Å²) in [5.41, 5.74) is 3.39. The molecule has 6 rings (SSSR count). The third kappa shape index (κ3) is 5.30.